The molecule has 9 rings (SSSR count). The van der Waals surface area contributed by atoms with E-state index in [1.807, 2.05) is 60.7 Å². The van der Waals surface area contributed by atoms with Crippen molar-refractivity contribution >= 4 is 77.2 Å². The highest BCUT2D eigenvalue weighted by molar-refractivity contribution is 6.38. The molecule has 0 saturated carbocycles. The summed E-state index contributed by atoms with van der Waals surface area (Å²) in [6.07, 6.45) is 0. The van der Waals surface area contributed by atoms with Gasteiger partial charge in [-0.15, -0.1) is 0 Å². The predicted molar refractivity (Wildman–Crippen MR) is 197 cm³/mol. The molecule has 0 bridgehead atoms. The first kappa shape index (κ1) is 28.0. The van der Waals surface area contributed by atoms with Gasteiger partial charge in [0.05, 0.1) is 11.4 Å². The Balaban J connectivity index is 1.43. The molecule has 2 nitrogen and oxygen atoms in total. The van der Waals surface area contributed by atoms with Gasteiger partial charge in [-0.1, -0.05) is 84.9 Å². The summed E-state index contributed by atoms with van der Waals surface area (Å²) in [5.41, 5.74) is 5.72. The van der Waals surface area contributed by atoms with E-state index < -0.39 is 0 Å². The summed E-state index contributed by atoms with van der Waals surface area (Å²) in [4.78, 5) is 4.43. The van der Waals surface area contributed by atoms with Crippen LogP contribution in [0.15, 0.2) is 170 Å². The second kappa shape index (κ2) is 11.2. The molecular weight excluding hydrogens is 594 g/mol. The fourth-order valence-electron chi connectivity index (χ4n) is 7.24. The molecule has 0 aromatic heterocycles. The van der Waals surface area contributed by atoms with E-state index in [4.69, 9.17) is 0 Å². The molecule has 0 aliphatic rings. The third-order valence-electron chi connectivity index (χ3n) is 9.27. The molecule has 0 heterocycles. The van der Waals surface area contributed by atoms with Crippen molar-refractivity contribution in [1.29, 1.82) is 0 Å². The van der Waals surface area contributed by atoms with Gasteiger partial charge in [-0.25, -0.2) is 8.78 Å². The Morgan fingerprint density at radius 3 is 1.02 bits per heavy atom. The Morgan fingerprint density at radius 2 is 0.625 bits per heavy atom. The lowest BCUT2D eigenvalue weighted by Gasteiger charge is -2.30. The average Bonchev–Trinajstić information content (AvgIpc) is 3.14. The molecule has 9 aromatic carbocycles. The lowest BCUT2D eigenvalue weighted by molar-refractivity contribution is 0.627. The average molecular weight is 623 g/mol. The molecule has 0 amide bonds. The normalized spacial score (nSPS) is 11.5. The first-order valence-electron chi connectivity index (χ1n) is 16.0. The highest BCUT2D eigenvalue weighted by Crippen LogP contribution is 2.51. The molecule has 0 saturated heterocycles. The van der Waals surface area contributed by atoms with Crippen LogP contribution in [0.1, 0.15) is 0 Å². The van der Waals surface area contributed by atoms with Crippen LogP contribution in [0.2, 0.25) is 0 Å². The maximum Gasteiger partial charge on any atom is 0.123 e. The van der Waals surface area contributed by atoms with E-state index in [9.17, 15) is 8.78 Å². The molecule has 228 valence electrons. The van der Waals surface area contributed by atoms with E-state index in [0.29, 0.717) is 0 Å². The van der Waals surface area contributed by atoms with Gasteiger partial charge in [0.1, 0.15) is 11.6 Å². The molecular formula is C44H28F2N2. The van der Waals surface area contributed by atoms with Crippen LogP contribution < -0.4 is 9.80 Å². The van der Waals surface area contributed by atoms with Crippen molar-refractivity contribution in [2.45, 2.75) is 0 Å². The summed E-state index contributed by atoms with van der Waals surface area (Å²) in [5, 5.41) is 9.07. The van der Waals surface area contributed by atoms with Gasteiger partial charge in [0.2, 0.25) is 0 Å². The van der Waals surface area contributed by atoms with Gasteiger partial charge in [-0.2, -0.15) is 0 Å². The number of nitrogens with zero attached hydrogens (tertiary/aromatic N) is 2. The Labute approximate surface area is 276 Å². The number of halogens is 2. The number of para-hydroxylation sites is 2. The maximum atomic E-state index is 14.2. The molecule has 0 unspecified atom stereocenters. The molecule has 48 heavy (non-hydrogen) atoms. The van der Waals surface area contributed by atoms with Crippen molar-refractivity contribution in [2.24, 2.45) is 0 Å². The van der Waals surface area contributed by atoms with Gasteiger partial charge >= 0.3 is 0 Å². The van der Waals surface area contributed by atoms with Crippen LogP contribution in [0.3, 0.4) is 0 Å². The van der Waals surface area contributed by atoms with E-state index >= 15 is 0 Å². The van der Waals surface area contributed by atoms with Crippen LogP contribution in [0, 0.1) is 11.6 Å². The standard InChI is InChI=1S/C44H28F2N2/c45-31-19-23-35(24-20-31)47(33-9-3-1-4-10-33)39-27-17-29-15-16-30-18-28-40(44-38-14-8-7-13-37(38)43(39)41(29)42(30)44)48(34-11-5-2-6-12-34)36-25-21-32(46)22-26-36/h1-28H. The van der Waals surface area contributed by atoms with E-state index in [0.717, 1.165) is 77.2 Å². The molecule has 0 fully saturated rings. The first-order chi connectivity index (χ1) is 23.7. The minimum atomic E-state index is -0.274. The Kier molecular flexibility index (Phi) is 6.54. The molecule has 0 radical (unpaired) electrons. The van der Waals surface area contributed by atoms with Crippen LogP contribution >= 0.6 is 0 Å². The number of fused-ring (bicyclic) bond motifs is 3. The van der Waals surface area contributed by atoms with Gasteiger partial charge in [-0.3, -0.25) is 0 Å². The minimum absolute atomic E-state index is 0.274. The van der Waals surface area contributed by atoms with Crippen LogP contribution in [0.25, 0.3) is 43.1 Å². The van der Waals surface area contributed by atoms with E-state index in [-0.39, 0.29) is 11.6 Å². The van der Waals surface area contributed by atoms with Gasteiger partial charge in [0.15, 0.2) is 0 Å². The zero-order chi connectivity index (χ0) is 32.2. The quantitative estimate of drug-likeness (QED) is 0.134. The van der Waals surface area contributed by atoms with Crippen molar-refractivity contribution in [3.63, 3.8) is 0 Å². The fourth-order valence-corrected chi connectivity index (χ4v) is 7.24. The van der Waals surface area contributed by atoms with Crippen LogP contribution in [0.4, 0.5) is 42.9 Å². The van der Waals surface area contributed by atoms with Gasteiger partial charge in [-0.05, 0) is 106 Å². The molecule has 4 heteroatoms. The van der Waals surface area contributed by atoms with E-state index in [2.05, 4.69) is 94.7 Å². The largest absolute Gasteiger partial charge is 0.310 e. The number of benzene rings is 9. The second-order valence-electron chi connectivity index (χ2n) is 12.0. The zero-order valence-corrected chi connectivity index (χ0v) is 25.8. The number of hydrogen-bond acceptors (Lipinski definition) is 2. The maximum absolute atomic E-state index is 14.2. The summed E-state index contributed by atoms with van der Waals surface area (Å²) in [5.74, 6) is -0.548. The smallest absolute Gasteiger partial charge is 0.123 e. The second-order valence-corrected chi connectivity index (χ2v) is 12.0. The molecule has 0 N–H and O–H groups in total. The van der Waals surface area contributed by atoms with Gasteiger partial charge in [0, 0.05) is 44.3 Å². The molecule has 0 atom stereocenters. The van der Waals surface area contributed by atoms with Crippen molar-refractivity contribution in [3.05, 3.63) is 181 Å². The summed E-state index contributed by atoms with van der Waals surface area (Å²) in [6.45, 7) is 0. The summed E-state index contributed by atoms with van der Waals surface area (Å²) >= 11 is 0. The summed E-state index contributed by atoms with van der Waals surface area (Å²) in [7, 11) is 0. The molecule has 9 aromatic rings. The molecule has 0 aliphatic heterocycles. The highest BCUT2D eigenvalue weighted by atomic mass is 19.1. The molecule has 0 aliphatic carbocycles. The van der Waals surface area contributed by atoms with Crippen molar-refractivity contribution in [3.8, 4) is 0 Å². The van der Waals surface area contributed by atoms with Crippen LogP contribution in [0.5, 0.6) is 0 Å². The van der Waals surface area contributed by atoms with Crippen molar-refractivity contribution < 1.29 is 8.78 Å². The lowest BCUT2D eigenvalue weighted by Crippen LogP contribution is -2.12. The van der Waals surface area contributed by atoms with Crippen molar-refractivity contribution in [1.82, 2.24) is 0 Å². The third-order valence-corrected chi connectivity index (χ3v) is 9.27. The molecule has 0 spiro atoms. The lowest BCUT2D eigenvalue weighted by atomic mass is 9.87. The van der Waals surface area contributed by atoms with Gasteiger partial charge in [0.25, 0.3) is 0 Å². The monoisotopic (exact) mass is 622 g/mol. The number of anilines is 6. The number of hydrogen-bond donors (Lipinski definition) is 0. The Morgan fingerprint density at radius 1 is 0.292 bits per heavy atom. The SMILES string of the molecule is Fc1ccc(N(c2ccccc2)c2ccc3ccc4ccc(N(c5ccccc5)c5ccc(F)cc5)c5c6ccccc6c2c3c45)cc1. The summed E-state index contributed by atoms with van der Waals surface area (Å²) < 4.78 is 28.4. The third kappa shape index (κ3) is 4.45. The van der Waals surface area contributed by atoms with E-state index in [1.54, 1.807) is 0 Å². The van der Waals surface area contributed by atoms with Crippen LogP contribution in [-0.2, 0) is 0 Å². The summed E-state index contributed by atoms with van der Waals surface area (Å²) in [6, 6.07) is 55.6. The highest BCUT2D eigenvalue weighted by Gasteiger charge is 2.24. The zero-order valence-electron chi connectivity index (χ0n) is 25.8. The Hall–Kier alpha value is -6.26. The topological polar surface area (TPSA) is 6.48 Å². The fraction of sp³-hybridized carbons (Fsp3) is 0. The number of rotatable bonds is 6. The first-order valence-corrected chi connectivity index (χ1v) is 16.0. The van der Waals surface area contributed by atoms with E-state index in [1.165, 1.54) is 24.3 Å². The van der Waals surface area contributed by atoms with Crippen LogP contribution in [-0.4, -0.2) is 0 Å². The van der Waals surface area contributed by atoms with Gasteiger partial charge < -0.3 is 9.80 Å². The Bertz CT molecular complexity index is 2380. The minimum Gasteiger partial charge on any atom is -0.310 e. The van der Waals surface area contributed by atoms with Crippen molar-refractivity contribution in [2.75, 3.05) is 9.80 Å². The predicted octanol–water partition coefficient (Wildman–Crippen LogP) is 13.0.